The molecule has 1 aliphatic carbocycles. The molecule has 96 valence electrons. The van der Waals surface area contributed by atoms with Gasteiger partial charge in [0, 0.05) is 6.20 Å². The van der Waals surface area contributed by atoms with Crippen molar-refractivity contribution in [3.63, 3.8) is 0 Å². The van der Waals surface area contributed by atoms with Crippen LogP contribution in [-0.4, -0.2) is 17.4 Å². The molecule has 0 fully saturated rings. The molecule has 1 aliphatic rings. The van der Waals surface area contributed by atoms with Crippen LogP contribution in [-0.2, 0) is 0 Å². The van der Waals surface area contributed by atoms with Crippen LogP contribution in [0.15, 0.2) is 30.5 Å². The van der Waals surface area contributed by atoms with Crippen LogP contribution in [0.5, 0.6) is 5.88 Å². The molecule has 0 N–H and O–H groups in total. The molecule has 1 heterocycles. The summed E-state index contributed by atoms with van der Waals surface area (Å²) in [7, 11) is 0. The monoisotopic (exact) mass is 245 g/mol. The zero-order valence-corrected chi connectivity index (χ0v) is 10.9. The molecule has 18 heavy (non-hydrogen) atoms. The number of rotatable bonds is 4. The highest BCUT2D eigenvalue weighted by molar-refractivity contribution is 5.96. The normalized spacial score (nSPS) is 22.8. The number of ether oxygens (including phenoxy) is 1. The van der Waals surface area contributed by atoms with Crippen LogP contribution in [0, 0.1) is 11.8 Å². The molecule has 2 rings (SSSR count). The lowest BCUT2D eigenvalue weighted by Crippen LogP contribution is -2.21. The first kappa shape index (κ1) is 12.8. The van der Waals surface area contributed by atoms with E-state index >= 15 is 0 Å². The lowest BCUT2D eigenvalue weighted by molar-refractivity contribution is 0.101. The summed E-state index contributed by atoms with van der Waals surface area (Å²) in [5, 5.41) is 0. The van der Waals surface area contributed by atoms with E-state index in [-0.39, 0.29) is 5.78 Å². The first-order valence-electron chi connectivity index (χ1n) is 6.42. The zero-order valence-electron chi connectivity index (χ0n) is 10.9. The van der Waals surface area contributed by atoms with Gasteiger partial charge in [0.15, 0.2) is 5.78 Å². The summed E-state index contributed by atoms with van der Waals surface area (Å²) in [6.07, 6.45) is 8.24. The molecule has 2 unspecified atom stereocenters. The Bertz CT molecular complexity index is 454. The molecule has 0 radical (unpaired) electrons. The van der Waals surface area contributed by atoms with E-state index in [0.29, 0.717) is 29.9 Å². The van der Waals surface area contributed by atoms with E-state index in [1.807, 2.05) is 0 Å². The molecule has 3 nitrogen and oxygen atoms in total. The van der Waals surface area contributed by atoms with E-state index in [4.69, 9.17) is 4.74 Å². The van der Waals surface area contributed by atoms with Crippen molar-refractivity contribution in [3.8, 4) is 5.88 Å². The highest BCUT2D eigenvalue weighted by Gasteiger charge is 2.20. The summed E-state index contributed by atoms with van der Waals surface area (Å²) in [6.45, 7) is 4.40. The van der Waals surface area contributed by atoms with Crippen LogP contribution < -0.4 is 4.74 Å². The van der Waals surface area contributed by atoms with Gasteiger partial charge in [-0.25, -0.2) is 4.98 Å². The van der Waals surface area contributed by atoms with Crippen molar-refractivity contribution < 1.29 is 9.53 Å². The van der Waals surface area contributed by atoms with Crippen molar-refractivity contribution in [1.82, 2.24) is 4.98 Å². The van der Waals surface area contributed by atoms with Gasteiger partial charge in [-0.3, -0.25) is 4.79 Å². The fraction of sp³-hybridized carbons (Fsp3) is 0.467. The Balaban J connectivity index is 2.02. The van der Waals surface area contributed by atoms with Gasteiger partial charge in [0.1, 0.15) is 0 Å². The average Bonchev–Trinajstić information content (AvgIpc) is 2.38. The number of carbonyl (C=O) groups is 1. The minimum Gasteiger partial charge on any atom is -0.477 e. The summed E-state index contributed by atoms with van der Waals surface area (Å²) >= 11 is 0. The maximum atomic E-state index is 11.5. The van der Waals surface area contributed by atoms with Gasteiger partial charge in [0.25, 0.3) is 0 Å². The number of ketones is 1. The third-order valence-electron chi connectivity index (χ3n) is 3.50. The summed E-state index contributed by atoms with van der Waals surface area (Å²) in [6, 6.07) is 3.52. The van der Waals surface area contributed by atoms with Crippen molar-refractivity contribution in [2.24, 2.45) is 11.8 Å². The van der Waals surface area contributed by atoms with Gasteiger partial charge >= 0.3 is 0 Å². The first-order chi connectivity index (χ1) is 8.68. The minimum absolute atomic E-state index is 0.00492. The molecular weight excluding hydrogens is 226 g/mol. The van der Waals surface area contributed by atoms with Crippen molar-refractivity contribution in [2.45, 2.75) is 26.7 Å². The van der Waals surface area contributed by atoms with Crippen molar-refractivity contribution >= 4 is 5.78 Å². The Morgan fingerprint density at radius 2 is 2.22 bits per heavy atom. The predicted molar refractivity (Wildman–Crippen MR) is 70.8 cm³/mol. The quantitative estimate of drug-likeness (QED) is 0.603. The SMILES string of the molecule is CC(=O)c1cccnc1OCC1CC=CCC1C. The van der Waals surface area contributed by atoms with Crippen molar-refractivity contribution in [3.05, 3.63) is 36.0 Å². The minimum atomic E-state index is -0.00492. The second kappa shape index (κ2) is 5.80. The number of allylic oxidation sites excluding steroid dienone is 2. The van der Waals surface area contributed by atoms with Gasteiger partial charge in [-0.15, -0.1) is 0 Å². The van der Waals surface area contributed by atoms with E-state index in [0.717, 1.165) is 12.8 Å². The molecule has 1 aromatic heterocycles. The molecule has 0 aliphatic heterocycles. The van der Waals surface area contributed by atoms with Gasteiger partial charge in [-0.2, -0.15) is 0 Å². The Hall–Kier alpha value is -1.64. The van der Waals surface area contributed by atoms with E-state index < -0.39 is 0 Å². The number of hydrogen-bond donors (Lipinski definition) is 0. The van der Waals surface area contributed by atoms with E-state index in [9.17, 15) is 4.79 Å². The van der Waals surface area contributed by atoms with E-state index in [1.165, 1.54) is 6.92 Å². The van der Waals surface area contributed by atoms with Crippen molar-refractivity contribution in [2.75, 3.05) is 6.61 Å². The summed E-state index contributed by atoms with van der Waals surface area (Å²) in [4.78, 5) is 15.6. The van der Waals surface area contributed by atoms with Gasteiger partial charge in [-0.1, -0.05) is 19.1 Å². The second-order valence-corrected chi connectivity index (χ2v) is 4.90. The smallest absolute Gasteiger partial charge is 0.224 e. The fourth-order valence-corrected chi connectivity index (χ4v) is 2.20. The molecule has 1 aromatic rings. The zero-order chi connectivity index (χ0) is 13.0. The fourth-order valence-electron chi connectivity index (χ4n) is 2.20. The number of pyridine rings is 1. The molecule has 0 amide bonds. The highest BCUT2D eigenvalue weighted by atomic mass is 16.5. The van der Waals surface area contributed by atoms with Crippen LogP contribution in [0.1, 0.15) is 37.0 Å². The molecule has 3 heteroatoms. The van der Waals surface area contributed by atoms with Gasteiger partial charge in [0.05, 0.1) is 12.2 Å². The Labute approximate surface area is 108 Å². The van der Waals surface area contributed by atoms with E-state index in [2.05, 4.69) is 24.1 Å². The van der Waals surface area contributed by atoms with Gasteiger partial charge in [-0.05, 0) is 43.7 Å². The molecule has 0 saturated carbocycles. The maximum Gasteiger partial charge on any atom is 0.224 e. The number of nitrogens with zero attached hydrogens (tertiary/aromatic N) is 1. The second-order valence-electron chi connectivity index (χ2n) is 4.90. The number of aromatic nitrogens is 1. The summed E-state index contributed by atoms with van der Waals surface area (Å²) in [5.74, 6) is 1.60. The van der Waals surface area contributed by atoms with Crippen LogP contribution in [0.4, 0.5) is 0 Å². The molecule has 0 spiro atoms. The molecule has 0 saturated heterocycles. The molecule has 0 aromatic carbocycles. The first-order valence-corrected chi connectivity index (χ1v) is 6.42. The summed E-state index contributed by atoms with van der Waals surface area (Å²) in [5.41, 5.74) is 0.566. The standard InChI is InChI=1S/C15H19NO2/c1-11-6-3-4-7-13(11)10-18-15-14(12(2)17)8-5-9-16-15/h3-5,8-9,11,13H,6-7,10H2,1-2H3. The van der Waals surface area contributed by atoms with Crippen LogP contribution >= 0.6 is 0 Å². The van der Waals surface area contributed by atoms with Crippen LogP contribution in [0.3, 0.4) is 0 Å². The lowest BCUT2D eigenvalue weighted by atomic mass is 9.85. The Morgan fingerprint density at radius 1 is 1.44 bits per heavy atom. The molecule has 0 bridgehead atoms. The molecule has 2 atom stereocenters. The third-order valence-corrected chi connectivity index (χ3v) is 3.50. The molecular formula is C15H19NO2. The lowest BCUT2D eigenvalue weighted by Gasteiger charge is -2.25. The Morgan fingerprint density at radius 3 is 2.94 bits per heavy atom. The maximum absolute atomic E-state index is 11.5. The van der Waals surface area contributed by atoms with Crippen LogP contribution in [0.2, 0.25) is 0 Å². The predicted octanol–water partition coefficient (Wildman–Crippen LogP) is 3.27. The number of carbonyl (C=O) groups excluding carboxylic acids is 1. The van der Waals surface area contributed by atoms with Gasteiger partial charge in [0.2, 0.25) is 5.88 Å². The van der Waals surface area contributed by atoms with Crippen LogP contribution in [0.25, 0.3) is 0 Å². The van der Waals surface area contributed by atoms with Gasteiger partial charge < -0.3 is 4.74 Å². The third kappa shape index (κ3) is 2.97. The number of Topliss-reactive ketones (excluding diaryl/α,β-unsaturated/α-hetero) is 1. The van der Waals surface area contributed by atoms with Crippen molar-refractivity contribution in [1.29, 1.82) is 0 Å². The topological polar surface area (TPSA) is 39.2 Å². The Kier molecular flexibility index (Phi) is 4.13. The number of hydrogen-bond acceptors (Lipinski definition) is 3. The average molecular weight is 245 g/mol. The van der Waals surface area contributed by atoms with E-state index in [1.54, 1.807) is 18.3 Å². The highest BCUT2D eigenvalue weighted by Crippen LogP contribution is 2.26. The summed E-state index contributed by atoms with van der Waals surface area (Å²) < 4.78 is 5.74. The largest absolute Gasteiger partial charge is 0.477 e.